The first-order valence-electron chi connectivity index (χ1n) is 8.15. The second-order valence-corrected chi connectivity index (χ2v) is 5.46. The van der Waals surface area contributed by atoms with E-state index in [0.717, 1.165) is 0 Å². The molecule has 26 heavy (non-hydrogen) atoms. The molecule has 0 aliphatic heterocycles. The van der Waals surface area contributed by atoms with Gasteiger partial charge >= 0.3 is 11.7 Å². The van der Waals surface area contributed by atoms with Crippen LogP contribution in [0.5, 0.6) is 5.75 Å². The monoisotopic (exact) mass is 350 g/mol. The molecular weight excluding hydrogens is 332 g/mol. The molecular formula is C20H18N2O4. The minimum atomic E-state index is -0.541. The van der Waals surface area contributed by atoms with E-state index in [0.29, 0.717) is 28.3 Å². The first kappa shape index (κ1) is 17.4. The lowest BCUT2D eigenvalue weighted by Gasteiger charge is -2.13. The van der Waals surface area contributed by atoms with Gasteiger partial charge in [0.2, 0.25) is 0 Å². The number of hydrogen-bond acceptors (Lipinski definition) is 5. The summed E-state index contributed by atoms with van der Waals surface area (Å²) in [6, 6.07) is 16.1. The number of hydrogen-bond donors (Lipinski definition) is 1. The Kier molecular flexibility index (Phi) is 5.12. The second-order valence-electron chi connectivity index (χ2n) is 5.46. The van der Waals surface area contributed by atoms with E-state index in [1.165, 1.54) is 0 Å². The largest absolute Gasteiger partial charge is 0.497 e. The van der Waals surface area contributed by atoms with E-state index >= 15 is 0 Å². The van der Waals surface area contributed by atoms with Crippen molar-refractivity contribution in [3.8, 4) is 28.3 Å². The van der Waals surface area contributed by atoms with Gasteiger partial charge in [0.15, 0.2) is 0 Å². The summed E-state index contributed by atoms with van der Waals surface area (Å²) < 4.78 is 10.4. The number of rotatable bonds is 5. The number of ether oxygens (including phenoxy) is 2. The van der Waals surface area contributed by atoms with Crippen LogP contribution in [-0.4, -0.2) is 29.7 Å². The molecule has 6 nitrogen and oxygen atoms in total. The van der Waals surface area contributed by atoms with Crippen molar-refractivity contribution in [1.82, 2.24) is 9.97 Å². The van der Waals surface area contributed by atoms with E-state index in [4.69, 9.17) is 9.47 Å². The third kappa shape index (κ3) is 3.49. The van der Waals surface area contributed by atoms with Crippen LogP contribution in [0.15, 0.2) is 59.4 Å². The zero-order valence-electron chi connectivity index (χ0n) is 14.5. The first-order valence-corrected chi connectivity index (χ1v) is 8.15. The third-order valence-electron chi connectivity index (χ3n) is 3.84. The Labute approximate surface area is 150 Å². The van der Waals surface area contributed by atoms with E-state index < -0.39 is 11.7 Å². The van der Waals surface area contributed by atoms with Crippen LogP contribution in [0.1, 0.15) is 17.3 Å². The van der Waals surface area contributed by atoms with E-state index in [2.05, 4.69) is 9.97 Å². The molecule has 3 rings (SSSR count). The third-order valence-corrected chi connectivity index (χ3v) is 3.84. The molecule has 0 atom stereocenters. The quantitative estimate of drug-likeness (QED) is 0.714. The van der Waals surface area contributed by atoms with Gasteiger partial charge in [-0.25, -0.2) is 9.59 Å². The van der Waals surface area contributed by atoms with Crippen molar-refractivity contribution in [3.05, 3.63) is 70.6 Å². The van der Waals surface area contributed by atoms with Crippen LogP contribution in [0.2, 0.25) is 0 Å². The maximum absolute atomic E-state index is 12.7. The highest BCUT2D eigenvalue weighted by Crippen LogP contribution is 2.29. The summed E-state index contributed by atoms with van der Waals surface area (Å²) in [7, 11) is 1.57. The summed E-state index contributed by atoms with van der Waals surface area (Å²) in [5, 5.41) is 0. The summed E-state index contributed by atoms with van der Waals surface area (Å²) >= 11 is 0. The summed E-state index contributed by atoms with van der Waals surface area (Å²) in [5.74, 6) is 0.132. The van der Waals surface area contributed by atoms with E-state index in [9.17, 15) is 9.59 Å². The van der Waals surface area contributed by atoms with Crippen molar-refractivity contribution < 1.29 is 14.3 Å². The lowest BCUT2D eigenvalue weighted by molar-refractivity contribution is 0.0527. The van der Waals surface area contributed by atoms with Gasteiger partial charge in [0.25, 0.3) is 0 Å². The van der Waals surface area contributed by atoms with Crippen LogP contribution < -0.4 is 10.4 Å². The molecule has 0 spiro atoms. The van der Waals surface area contributed by atoms with Gasteiger partial charge in [-0.2, -0.15) is 4.98 Å². The molecule has 0 aliphatic rings. The van der Waals surface area contributed by atoms with Gasteiger partial charge < -0.3 is 14.5 Å². The number of H-pyrrole nitrogens is 1. The van der Waals surface area contributed by atoms with Crippen LogP contribution in [0, 0.1) is 0 Å². The average Bonchev–Trinajstić information content (AvgIpc) is 2.68. The lowest BCUT2D eigenvalue weighted by atomic mass is 10.00. The van der Waals surface area contributed by atoms with Crippen LogP contribution in [0.3, 0.4) is 0 Å². The minimum absolute atomic E-state index is 0.217. The number of carbonyl (C=O) groups excluding carboxylic acids is 1. The average molecular weight is 350 g/mol. The molecule has 1 aromatic heterocycles. The normalized spacial score (nSPS) is 10.4. The van der Waals surface area contributed by atoms with Gasteiger partial charge in [0, 0.05) is 5.56 Å². The maximum atomic E-state index is 12.7. The number of aromatic amines is 1. The number of nitrogens with one attached hydrogen (secondary N) is 1. The van der Waals surface area contributed by atoms with Gasteiger partial charge in [-0.3, -0.25) is 0 Å². The molecule has 3 aromatic rings. The second kappa shape index (κ2) is 7.65. The predicted molar refractivity (Wildman–Crippen MR) is 98.2 cm³/mol. The van der Waals surface area contributed by atoms with E-state index in [1.54, 1.807) is 50.4 Å². The van der Waals surface area contributed by atoms with Gasteiger partial charge in [0.05, 0.1) is 25.1 Å². The summed E-state index contributed by atoms with van der Waals surface area (Å²) in [5.41, 5.74) is 1.66. The highest BCUT2D eigenvalue weighted by molar-refractivity contribution is 6.02. The molecule has 1 N–H and O–H groups in total. The topological polar surface area (TPSA) is 81.3 Å². The van der Waals surface area contributed by atoms with Crippen molar-refractivity contribution >= 4 is 5.97 Å². The molecule has 2 aromatic carbocycles. The fraction of sp³-hybridized carbons (Fsp3) is 0.150. The highest BCUT2D eigenvalue weighted by Gasteiger charge is 2.23. The number of esters is 1. The molecule has 6 heteroatoms. The van der Waals surface area contributed by atoms with Crippen molar-refractivity contribution in [3.63, 3.8) is 0 Å². The number of aromatic nitrogens is 2. The molecule has 0 saturated heterocycles. The van der Waals surface area contributed by atoms with Crippen molar-refractivity contribution in [2.45, 2.75) is 6.92 Å². The highest BCUT2D eigenvalue weighted by atomic mass is 16.5. The summed E-state index contributed by atoms with van der Waals surface area (Å²) in [6.07, 6.45) is 0. The Bertz CT molecular complexity index is 963. The molecule has 0 saturated carbocycles. The minimum Gasteiger partial charge on any atom is -0.497 e. The van der Waals surface area contributed by atoms with Crippen LogP contribution in [-0.2, 0) is 4.74 Å². The number of carbonyl (C=O) groups is 1. The zero-order valence-corrected chi connectivity index (χ0v) is 14.5. The fourth-order valence-corrected chi connectivity index (χ4v) is 2.65. The predicted octanol–water partition coefficient (Wildman–Crippen LogP) is 3.29. The van der Waals surface area contributed by atoms with E-state index in [-0.39, 0.29) is 12.2 Å². The Hall–Kier alpha value is -3.41. The maximum Gasteiger partial charge on any atom is 0.346 e. The standard InChI is InChI=1S/C20H18N2O4/c1-3-26-19(23)16-17(13-7-5-4-6-8-13)21-20(24)22-18(16)14-9-11-15(25-2)12-10-14/h4-12H,3H2,1-2H3,(H,21,22,24). The van der Waals surface area contributed by atoms with Gasteiger partial charge in [-0.05, 0) is 36.8 Å². The Balaban J connectivity index is 2.27. The molecule has 1 heterocycles. The number of nitrogens with zero attached hydrogens (tertiary/aromatic N) is 1. The molecule has 0 bridgehead atoms. The van der Waals surface area contributed by atoms with Crippen LogP contribution >= 0.6 is 0 Å². The molecule has 0 amide bonds. The number of methoxy groups -OCH3 is 1. The van der Waals surface area contributed by atoms with Crippen molar-refractivity contribution in [2.24, 2.45) is 0 Å². The van der Waals surface area contributed by atoms with Crippen molar-refractivity contribution in [2.75, 3.05) is 13.7 Å². The van der Waals surface area contributed by atoms with E-state index in [1.807, 2.05) is 18.2 Å². The van der Waals surface area contributed by atoms with Gasteiger partial charge in [-0.1, -0.05) is 30.3 Å². The molecule has 0 unspecified atom stereocenters. The molecule has 0 radical (unpaired) electrons. The molecule has 0 aliphatic carbocycles. The summed E-state index contributed by atoms with van der Waals surface area (Å²) in [4.78, 5) is 31.5. The first-order chi connectivity index (χ1) is 12.6. The summed E-state index contributed by atoms with van der Waals surface area (Å²) in [6.45, 7) is 1.94. The smallest absolute Gasteiger partial charge is 0.346 e. The Morgan fingerprint density at radius 1 is 1.04 bits per heavy atom. The SMILES string of the molecule is CCOC(=O)c1c(-c2ccccc2)nc(=O)[nH]c1-c1ccc(OC)cc1. The zero-order chi connectivity index (χ0) is 18.5. The lowest BCUT2D eigenvalue weighted by Crippen LogP contribution is -2.19. The Morgan fingerprint density at radius 3 is 2.35 bits per heavy atom. The molecule has 0 fully saturated rings. The number of benzene rings is 2. The molecule has 132 valence electrons. The van der Waals surface area contributed by atoms with Crippen molar-refractivity contribution in [1.29, 1.82) is 0 Å². The van der Waals surface area contributed by atoms with Crippen LogP contribution in [0.25, 0.3) is 22.5 Å². The van der Waals surface area contributed by atoms with Crippen LogP contribution in [0.4, 0.5) is 0 Å². The van der Waals surface area contributed by atoms with Gasteiger partial charge in [-0.15, -0.1) is 0 Å². The van der Waals surface area contributed by atoms with Gasteiger partial charge in [0.1, 0.15) is 11.3 Å². The fourth-order valence-electron chi connectivity index (χ4n) is 2.65. The Morgan fingerprint density at radius 2 is 1.73 bits per heavy atom.